The number of benzene rings is 1. The molecule has 1 fully saturated rings. The number of rotatable bonds is 8. The van der Waals surface area contributed by atoms with Crippen LogP contribution in [0, 0.1) is 11.3 Å². The van der Waals surface area contributed by atoms with Crippen molar-refractivity contribution in [3.63, 3.8) is 0 Å². The largest absolute Gasteiger partial charge is 0.481 e. The van der Waals surface area contributed by atoms with Crippen LogP contribution < -0.4 is 14.2 Å². The van der Waals surface area contributed by atoms with Crippen LogP contribution in [0.5, 0.6) is 17.8 Å². The number of methoxy groups -OCH3 is 2. The molecule has 3 rings (SSSR count). The molecule has 0 bridgehead atoms. The van der Waals surface area contributed by atoms with Crippen LogP contribution in [0.25, 0.3) is 0 Å². The zero-order valence-corrected chi connectivity index (χ0v) is 23.7. The van der Waals surface area contributed by atoms with Gasteiger partial charge in [-0.3, -0.25) is 4.90 Å². The monoisotopic (exact) mass is 528 g/mol. The van der Waals surface area contributed by atoms with Gasteiger partial charge in [0.25, 0.3) is 0 Å². The van der Waals surface area contributed by atoms with Crippen LogP contribution in [-0.2, 0) is 4.79 Å². The number of urea groups is 1. The first kappa shape index (κ1) is 29.0. The number of hydrogen-bond acceptors (Lipinski definition) is 7. The van der Waals surface area contributed by atoms with Gasteiger partial charge in [-0.2, -0.15) is 9.97 Å². The molecule has 1 aliphatic rings. The van der Waals surface area contributed by atoms with Crippen molar-refractivity contribution >= 4 is 12.0 Å². The Morgan fingerprint density at radius 3 is 1.92 bits per heavy atom. The molecule has 1 unspecified atom stereocenters. The van der Waals surface area contributed by atoms with Gasteiger partial charge >= 0.3 is 18.0 Å². The van der Waals surface area contributed by atoms with Gasteiger partial charge in [-0.15, -0.1) is 0 Å². The SMILES string of the molecule is COc1cc(OC)nc(OC2[C@@H](c3ccccc3)N(C(=O)N(C(C)C)C(C)C)[C@@H](C(=O)O)[C@@H]2C(C)(C)C)n1. The van der Waals surface area contributed by atoms with Crippen LogP contribution in [0.4, 0.5) is 4.79 Å². The van der Waals surface area contributed by atoms with Gasteiger partial charge < -0.3 is 24.2 Å². The Morgan fingerprint density at radius 1 is 0.974 bits per heavy atom. The van der Waals surface area contributed by atoms with E-state index in [9.17, 15) is 14.7 Å². The smallest absolute Gasteiger partial charge is 0.326 e. The number of carbonyl (C=O) groups is 2. The Morgan fingerprint density at radius 2 is 1.50 bits per heavy atom. The number of carbonyl (C=O) groups excluding carboxylic acids is 1. The maximum absolute atomic E-state index is 14.3. The van der Waals surface area contributed by atoms with Crippen LogP contribution in [0.3, 0.4) is 0 Å². The summed E-state index contributed by atoms with van der Waals surface area (Å²) in [6.45, 7) is 13.6. The van der Waals surface area contributed by atoms with Crippen molar-refractivity contribution in [2.75, 3.05) is 14.2 Å². The van der Waals surface area contributed by atoms with Gasteiger partial charge in [0.15, 0.2) is 0 Å². The fraction of sp³-hybridized carbons (Fsp3) is 0.571. The Hall–Kier alpha value is -3.56. The van der Waals surface area contributed by atoms with Crippen LogP contribution in [0.15, 0.2) is 36.4 Å². The number of aromatic nitrogens is 2. The van der Waals surface area contributed by atoms with Crippen molar-refractivity contribution in [1.29, 1.82) is 0 Å². The first-order chi connectivity index (χ1) is 17.8. The maximum Gasteiger partial charge on any atom is 0.326 e. The normalized spacial score (nSPS) is 21.5. The quantitative estimate of drug-likeness (QED) is 0.527. The fourth-order valence-electron chi connectivity index (χ4n) is 5.43. The molecule has 2 amide bonds. The third-order valence-electron chi connectivity index (χ3n) is 6.87. The van der Waals surface area contributed by atoms with Gasteiger partial charge in [-0.05, 0) is 38.7 Å². The summed E-state index contributed by atoms with van der Waals surface area (Å²) in [7, 11) is 2.94. The summed E-state index contributed by atoms with van der Waals surface area (Å²) in [6, 6.07) is 8.33. The molecule has 0 aliphatic carbocycles. The summed E-state index contributed by atoms with van der Waals surface area (Å²) in [5.74, 6) is -1.23. The molecular formula is C28H40N4O6. The lowest BCUT2D eigenvalue weighted by atomic mass is 9.73. The van der Waals surface area contributed by atoms with Crippen LogP contribution in [0.1, 0.15) is 60.1 Å². The van der Waals surface area contributed by atoms with Crippen LogP contribution in [0.2, 0.25) is 0 Å². The standard InChI is InChI=1S/C28H40N4O6/c1-16(2)31(17(3)4)27(35)32-22(18-13-11-10-12-14-18)24(21(28(5,6)7)23(32)25(33)34)38-26-29-19(36-8)15-20(30-26)37-9/h10-17,21-24H,1-9H3,(H,33,34)/t21-,22+,23+,24?/m0/s1. The van der Waals surface area contributed by atoms with E-state index in [0.29, 0.717) is 0 Å². The summed E-state index contributed by atoms with van der Waals surface area (Å²) in [5, 5.41) is 10.6. The Kier molecular flexibility index (Phi) is 8.74. The van der Waals surface area contributed by atoms with E-state index in [4.69, 9.17) is 14.2 Å². The van der Waals surface area contributed by atoms with Crippen LogP contribution >= 0.6 is 0 Å². The minimum atomic E-state index is -1.16. The Labute approximate surface area is 224 Å². The predicted octanol–water partition coefficient (Wildman–Crippen LogP) is 4.65. The van der Waals surface area contributed by atoms with Gasteiger partial charge in [0.1, 0.15) is 12.1 Å². The van der Waals surface area contributed by atoms with Gasteiger partial charge in [0, 0.05) is 18.0 Å². The molecule has 1 N–H and O–H groups in total. The molecule has 208 valence electrons. The van der Waals surface area contributed by atoms with Gasteiger partial charge in [-0.1, -0.05) is 51.1 Å². The van der Waals surface area contributed by atoms with Crippen molar-refractivity contribution in [2.45, 2.75) is 78.7 Å². The van der Waals surface area contributed by atoms with E-state index in [1.165, 1.54) is 25.2 Å². The maximum atomic E-state index is 14.3. The highest BCUT2D eigenvalue weighted by molar-refractivity contribution is 5.85. The zero-order chi connectivity index (χ0) is 28.4. The molecule has 1 aromatic heterocycles. The van der Waals surface area contributed by atoms with Gasteiger partial charge in [-0.25, -0.2) is 9.59 Å². The van der Waals surface area contributed by atoms with E-state index >= 15 is 0 Å². The number of nitrogens with zero attached hydrogens (tertiary/aromatic N) is 4. The highest BCUT2D eigenvalue weighted by Crippen LogP contribution is 2.50. The van der Waals surface area contributed by atoms with E-state index in [2.05, 4.69) is 9.97 Å². The second-order valence-corrected chi connectivity index (χ2v) is 11.1. The summed E-state index contributed by atoms with van der Waals surface area (Å²) in [6.07, 6.45) is -0.791. The first-order valence-corrected chi connectivity index (χ1v) is 12.8. The summed E-state index contributed by atoms with van der Waals surface area (Å²) in [5.41, 5.74) is 0.186. The minimum absolute atomic E-state index is 0.0237. The average molecular weight is 529 g/mol. The number of likely N-dealkylation sites (tertiary alicyclic amines) is 1. The number of ether oxygens (including phenoxy) is 3. The van der Waals surface area contributed by atoms with Crippen molar-refractivity contribution in [3.8, 4) is 17.8 Å². The molecule has 10 heteroatoms. The summed E-state index contributed by atoms with van der Waals surface area (Å²) < 4.78 is 17.1. The second kappa shape index (κ2) is 11.4. The van der Waals surface area contributed by atoms with Crippen LogP contribution in [-0.4, -0.2) is 75.3 Å². The molecule has 0 spiro atoms. The van der Waals surface area contributed by atoms with Gasteiger partial charge in [0.2, 0.25) is 11.8 Å². The molecule has 0 saturated carbocycles. The first-order valence-electron chi connectivity index (χ1n) is 12.8. The van der Waals surface area contributed by atoms with E-state index in [-0.39, 0.29) is 35.9 Å². The molecule has 1 saturated heterocycles. The molecular weight excluding hydrogens is 488 g/mol. The highest BCUT2D eigenvalue weighted by atomic mass is 16.5. The lowest BCUT2D eigenvalue weighted by Gasteiger charge is -2.39. The van der Waals surface area contributed by atoms with Crippen molar-refractivity contribution in [1.82, 2.24) is 19.8 Å². The number of carboxylic acid groups (broad SMARTS) is 1. The molecule has 4 atom stereocenters. The topological polar surface area (TPSA) is 114 Å². The average Bonchev–Trinajstić information content (AvgIpc) is 3.19. The third kappa shape index (κ3) is 5.79. The molecule has 1 aliphatic heterocycles. The molecule has 2 heterocycles. The Balaban J connectivity index is 2.27. The lowest BCUT2D eigenvalue weighted by Crippen LogP contribution is -2.55. The minimum Gasteiger partial charge on any atom is -0.481 e. The highest BCUT2D eigenvalue weighted by Gasteiger charge is 2.60. The fourth-order valence-corrected chi connectivity index (χ4v) is 5.43. The number of amides is 2. The lowest BCUT2D eigenvalue weighted by molar-refractivity contribution is -0.144. The summed E-state index contributed by atoms with van der Waals surface area (Å²) in [4.78, 5) is 39.1. The van der Waals surface area contributed by atoms with Crippen molar-refractivity contribution in [3.05, 3.63) is 42.0 Å². The predicted molar refractivity (Wildman–Crippen MR) is 142 cm³/mol. The molecule has 10 nitrogen and oxygen atoms in total. The number of carboxylic acids is 1. The summed E-state index contributed by atoms with van der Waals surface area (Å²) >= 11 is 0. The van der Waals surface area contributed by atoms with E-state index in [1.54, 1.807) is 4.90 Å². The molecule has 38 heavy (non-hydrogen) atoms. The zero-order valence-electron chi connectivity index (χ0n) is 23.7. The third-order valence-corrected chi connectivity index (χ3v) is 6.87. The number of aliphatic carboxylic acids is 1. The molecule has 2 aromatic rings. The van der Waals surface area contributed by atoms with E-state index < -0.39 is 35.5 Å². The van der Waals surface area contributed by atoms with E-state index in [0.717, 1.165) is 5.56 Å². The molecule has 0 radical (unpaired) electrons. The second-order valence-electron chi connectivity index (χ2n) is 11.1. The number of hydrogen-bond donors (Lipinski definition) is 1. The molecule has 1 aromatic carbocycles. The van der Waals surface area contributed by atoms with E-state index in [1.807, 2.05) is 78.8 Å². The van der Waals surface area contributed by atoms with Crippen molar-refractivity contribution in [2.24, 2.45) is 11.3 Å². The Bertz CT molecular complexity index is 1090. The van der Waals surface area contributed by atoms with Gasteiger partial charge in [0.05, 0.1) is 26.3 Å². The van der Waals surface area contributed by atoms with Crippen molar-refractivity contribution < 1.29 is 28.9 Å².